The summed E-state index contributed by atoms with van der Waals surface area (Å²) in [5, 5.41) is 2.84. The van der Waals surface area contributed by atoms with Crippen molar-refractivity contribution in [2.45, 2.75) is 19.8 Å². The molecular weight excluding hydrogens is 309 g/mol. The van der Waals surface area contributed by atoms with Gasteiger partial charge in [-0.1, -0.05) is 18.2 Å². The molecule has 0 atom stereocenters. The van der Waals surface area contributed by atoms with Crippen LogP contribution in [0.4, 0.5) is 4.39 Å². The first kappa shape index (κ1) is 16.3. The molecule has 0 unspecified atom stereocenters. The van der Waals surface area contributed by atoms with Crippen molar-refractivity contribution in [1.82, 2.24) is 5.32 Å². The fourth-order valence-corrected chi connectivity index (χ4v) is 2.72. The van der Waals surface area contributed by atoms with Crippen LogP contribution in [0, 0.1) is 12.7 Å². The molecule has 0 bridgehead atoms. The minimum absolute atomic E-state index is 0.0484. The molecule has 0 saturated carbocycles. The summed E-state index contributed by atoms with van der Waals surface area (Å²) in [6, 6.07) is 10.3. The fourth-order valence-electron chi connectivity index (χ4n) is 2.72. The van der Waals surface area contributed by atoms with Crippen molar-refractivity contribution in [1.29, 1.82) is 0 Å². The van der Waals surface area contributed by atoms with Gasteiger partial charge in [0.25, 0.3) is 0 Å². The van der Waals surface area contributed by atoms with E-state index in [-0.39, 0.29) is 18.1 Å². The number of nitrogens with one attached hydrogen (secondary N) is 1. The number of carbonyl (C=O) groups is 1. The Labute approximate surface area is 140 Å². The van der Waals surface area contributed by atoms with Gasteiger partial charge in [0, 0.05) is 6.54 Å². The highest BCUT2D eigenvalue weighted by atomic mass is 19.1. The number of rotatable bonds is 5. The van der Waals surface area contributed by atoms with Crippen LogP contribution >= 0.6 is 0 Å². The van der Waals surface area contributed by atoms with Crippen molar-refractivity contribution in [2.75, 3.05) is 19.8 Å². The minimum Gasteiger partial charge on any atom is -0.486 e. The minimum atomic E-state index is -0.352. The first-order valence-corrected chi connectivity index (χ1v) is 8.02. The summed E-state index contributed by atoms with van der Waals surface area (Å²) in [4.78, 5) is 12.0. The van der Waals surface area contributed by atoms with E-state index in [4.69, 9.17) is 9.47 Å². The van der Waals surface area contributed by atoms with Crippen LogP contribution in [0.1, 0.15) is 16.7 Å². The van der Waals surface area contributed by atoms with Gasteiger partial charge in [-0.3, -0.25) is 4.79 Å². The zero-order valence-corrected chi connectivity index (χ0v) is 13.6. The predicted octanol–water partition coefficient (Wildman–Crippen LogP) is 2.81. The topological polar surface area (TPSA) is 47.6 Å². The molecule has 0 spiro atoms. The summed E-state index contributed by atoms with van der Waals surface area (Å²) in [6.45, 7) is 3.62. The number of hydrogen-bond donors (Lipinski definition) is 1. The Morgan fingerprint density at radius 3 is 2.58 bits per heavy atom. The van der Waals surface area contributed by atoms with Gasteiger partial charge in [0.05, 0.1) is 6.42 Å². The molecule has 4 nitrogen and oxygen atoms in total. The van der Waals surface area contributed by atoms with E-state index in [1.54, 1.807) is 18.2 Å². The molecule has 126 valence electrons. The van der Waals surface area contributed by atoms with Crippen LogP contribution < -0.4 is 14.8 Å². The quantitative estimate of drug-likeness (QED) is 0.917. The zero-order chi connectivity index (χ0) is 16.9. The molecule has 1 heterocycles. The lowest BCUT2D eigenvalue weighted by molar-refractivity contribution is -0.120. The van der Waals surface area contributed by atoms with E-state index in [1.165, 1.54) is 6.07 Å². The summed E-state index contributed by atoms with van der Waals surface area (Å²) in [6.07, 6.45) is 0.734. The number of hydrogen-bond acceptors (Lipinski definition) is 3. The number of benzene rings is 2. The molecule has 3 rings (SSSR count). The standard InChI is InChI=1S/C19H20FNO3/c1-13-10-17-18(24-9-8-23-17)11-14(13)6-7-21-19(22)12-15-4-2-3-5-16(15)20/h2-5,10-11H,6-9,12H2,1H3,(H,21,22). The average Bonchev–Trinajstić information content (AvgIpc) is 2.57. The van der Waals surface area contributed by atoms with Crippen molar-refractivity contribution >= 4 is 5.91 Å². The van der Waals surface area contributed by atoms with E-state index in [1.807, 2.05) is 19.1 Å². The van der Waals surface area contributed by atoms with E-state index in [2.05, 4.69) is 5.32 Å². The van der Waals surface area contributed by atoms with Crippen molar-refractivity contribution in [3.05, 3.63) is 58.9 Å². The molecule has 0 aliphatic carbocycles. The maximum atomic E-state index is 13.5. The summed E-state index contributed by atoms with van der Waals surface area (Å²) >= 11 is 0. The molecule has 24 heavy (non-hydrogen) atoms. The Morgan fingerprint density at radius 1 is 1.12 bits per heavy atom. The van der Waals surface area contributed by atoms with Crippen LogP contribution in [0.15, 0.2) is 36.4 Å². The molecule has 1 N–H and O–H groups in total. The predicted molar refractivity (Wildman–Crippen MR) is 89.0 cm³/mol. The first-order valence-electron chi connectivity index (χ1n) is 8.02. The number of fused-ring (bicyclic) bond motifs is 1. The van der Waals surface area contributed by atoms with Gasteiger partial charge >= 0.3 is 0 Å². The Hall–Kier alpha value is -2.56. The van der Waals surface area contributed by atoms with Crippen LogP contribution in [0.2, 0.25) is 0 Å². The van der Waals surface area contributed by atoms with E-state index < -0.39 is 0 Å². The third-order valence-electron chi connectivity index (χ3n) is 4.03. The van der Waals surface area contributed by atoms with Crippen molar-refractivity contribution in [3.8, 4) is 11.5 Å². The average molecular weight is 329 g/mol. The summed E-state index contributed by atoms with van der Waals surface area (Å²) in [5.74, 6) is 0.983. The lowest BCUT2D eigenvalue weighted by atomic mass is 10.0. The molecule has 5 heteroatoms. The Bertz CT molecular complexity index is 745. The molecule has 1 aliphatic heterocycles. The Balaban J connectivity index is 1.55. The van der Waals surface area contributed by atoms with Crippen LogP contribution in [0.5, 0.6) is 11.5 Å². The van der Waals surface area contributed by atoms with Gasteiger partial charge in [0.15, 0.2) is 11.5 Å². The van der Waals surface area contributed by atoms with Crippen molar-refractivity contribution in [3.63, 3.8) is 0 Å². The highest BCUT2D eigenvalue weighted by Gasteiger charge is 2.14. The Morgan fingerprint density at radius 2 is 1.83 bits per heavy atom. The molecule has 0 aromatic heterocycles. The SMILES string of the molecule is Cc1cc2c(cc1CCNC(=O)Cc1ccccc1F)OCCO2. The highest BCUT2D eigenvalue weighted by Crippen LogP contribution is 2.33. The van der Waals surface area contributed by atoms with Gasteiger partial charge in [0.2, 0.25) is 5.91 Å². The molecular formula is C19H20FNO3. The summed E-state index contributed by atoms with van der Waals surface area (Å²) in [7, 11) is 0. The molecule has 0 radical (unpaired) electrons. The molecule has 2 aromatic rings. The van der Waals surface area contributed by atoms with Gasteiger partial charge in [0.1, 0.15) is 19.0 Å². The third kappa shape index (κ3) is 3.85. The normalized spacial score (nSPS) is 12.8. The lowest BCUT2D eigenvalue weighted by Crippen LogP contribution is -2.27. The van der Waals surface area contributed by atoms with Crippen LogP contribution in [0.25, 0.3) is 0 Å². The molecule has 2 aromatic carbocycles. The zero-order valence-electron chi connectivity index (χ0n) is 13.6. The van der Waals surface area contributed by atoms with Crippen LogP contribution in [-0.4, -0.2) is 25.7 Å². The number of ether oxygens (including phenoxy) is 2. The van der Waals surface area contributed by atoms with Crippen LogP contribution in [-0.2, 0) is 17.6 Å². The molecule has 1 amide bonds. The van der Waals surface area contributed by atoms with Gasteiger partial charge in [-0.2, -0.15) is 0 Å². The second-order valence-corrected chi connectivity index (χ2v) is 5.79. The molecule has 1 aliphatic rings. The van der Waals surface area contributed by atoms with Crippen molar-refractivity contribution < 1.29 is 18.7 Å². The second kappa shape index (κ2) is 7.34. The Kier molecular flexibility index (Phi) is 4.99. The van der Waals surface area contributed by atoms with Gasteiger partial charge in [-0.15, -0.1) is 0 Å². The summed E-state index contributed by atoms with van der Waals surface area (Å²) < 4.78 is 24.7. The third-order valence-corrected chi connectivity index (χ3v) is 4.03. The fraction of sp³-hybridized carbons (Fsp3) is 0.316. The van der Waals surface area contributed by atoms with E-state index in [0.29, 0.717) is 31.7 Å². The lowest BCUT2D eigenvalue weighted by Gasteiger charge is -2.20. The summed E-state index contributed by atoms with van der Waals surface area (Å²) in [5.41, 5.74) is 2.61. The van der Waals surface area contributed by atoms with Gasteiger partial charge < -0.3 is 14.8 Å². The van der Waals surface area contributed by atoms with Gasteiger partial charge in [-0.25, -0.2) is 4.39 Å². The number of amides is 1. The van der Waals surface area contributed by atoms with Crippen molar-refractivity contribution in [2.24, 2.45) is 0 Å². The van der Waals surface area contributed by atoms with E-state index in [0.717, 1.165) is 22.6 Å². The second-order valence-electron chi connectivity index (χ2n) is 5.79. The van der Waals surface area contributed by atoms with Gasteiger partial charge in [-0.05, 0) is 48.2 Å². The highest BCUT2D eigenvalue weighted by molar-refractivity contribution is 5.78. The van der Waals surface area contributed by atoms with E-state index >= 15 is 0 Å². The van der Waals surface area contributed by atoms with E-state index in [9.17, 15) is 9.18 Å². The maximum Gasteiger partial charge on any atom is 0.224 e. The smallest absolute Gasteiger partial charge is 0.224 e. The van der Waals surface area contributed by atoms with Crippen LogP contribution in [0.3, 0.4) is 0 Å². The maximum absolute atomic E-state index is 13.5. The molecule has 0 saturated heterocycles. The number of halogens is 1. The first-order chi connectivity index (χ1) is 11.6. The number of carbonyl (C=O) groups excluding carboxylic acids is 1. The number of aryl methyl sites for hydroxylation is 1. The largest absolute Gasteiger partial charge is 0.486 e. The monoisotopic (exact) mass is 329 g/mol. The molecule has 0 fully saturated rings.